The van der Waals surface area contributed by atoms with Crippen molar-refractivity contribution in [2.24, 2.45) is 0 Å². The molecule has 0 heterocycles. The molecule has 5 nitrogen and oxygen atoms in total. The summed E-state index contributed by atoms with van der Waals surface area (Å²) in [5, 5.41) is 11.9. The number of sulfone groups is 1. The molecule has 1 aliphatic rings. The van der Waals surface area contributed by atoms with Crippen molar-refractivity contribution >= 4 is 15.7 Å². The highest BCUT2D eigenvalue weighted by molar-refractivity contribution is 7.91. The maximum Gasteiger partial charge on any atom is 0.253 e. The third kappa shape index (κ3) is 2.79. The summed E-state index contributed by atoms with van der Waals surface area (Å²) in [6.45, 7) is 1.42. The van der Waals surface area contributed by atoms with Crippen molar-refractivity contribution in [1.82, 2.24) is 5.32 Å². The second kappa shape index (κ2) is 4.94. The largest absolute Gasteiger partial charge is 0.394 e. The molecule has 0 atom stereocenters. The molecule has 19 heavy (non-hydrogen) atoms. The lowest BCUT2D eigenvalue weighted by Crippen LogP contribution is -2.40. The Morgan fingerprint density at radius 2 is 2.00 bits per heavy atom. The number of amides is 1. The first-order chi connectivity index (χ1) is 8.94. The molecule has 0 unspecified atom stereocenters. The van der Waals surface area contributed by atoms with E-state index in [0.29, 0.717) is 0 Å². The monoisotopic (exact) mass is 283 g/mol. The van der Waals surface area contributed by atoms with E-state index in [9.17, 15) is 18.3 Å². The summed E-state index contributed by atoms with van der Waals surface area (Å²) in [5.41, 5.74) is -0.413. The second-order valence-corrected chi connectivity index (χ2v) is 7.04. The highest BCUT2D eigenvalue weighted by Gasteiger charge is 2.43. The van der Waals surface area contributed by atoms with Crippen LogP contribution in [0.15, 0.2) is 29.2 Å². The maximum atomic E-state index is 12.2. The van der Waals surface area contributed by atoms with Crippen molar-refractivity contribution in [3.8, 4) is 0 Å². The van der Waals surface area contributed by atoms with Gasteiger partial charge in [0.1, 0.15) is 0 Å². The summed E-state index contributed by atoms with van der Waals surface area (Å²) in [7, 11) is -3.44. The summed E-state index contributed by atoms with van der Waals surface area (Å²) in [5.74, 6) is -0.498. The number of hydrogen-bond acceptors (Lipinski definition) is 4. The molecule has 1 fully saturated rings. The summed E-state index contributed by atoms with van der Waals surface area (Å²) < 4.78 is 23.9. The standard InChI is InChI=1S/C13H17NO4S/c1-2-19(17,18)11-6-4-3-5-10(11)12(16)14-13(9-15)7-8-13/h3-6,15H,2,7-9H2,1H3,(H,14,16). The number of carbonyl (C=O) groups excluding carboxylic acids is 1. The zero-order chi connectivity index (χ0) is 14.1. The predicted molar refractivity (Wildman–Crippen MR) is 70.7 cm³/mol. The van der Waals surface area contributed by atoms with E-state index in [2.05, 4.69) is 5.32 Å². The Bertz CT molecular complexity index is 590. The van der Waals surface area contributed by atoms with Crippen LogP contribution in [0.4, 0.5) is 0 Å². The van der Waals surface area contributed by atoms with Gasteiger partial charge in [0.05, 0.1) is 28.4 Å². The van der Waals surface area contributed by atoms with Crippen LogP contribution in [0.1, 0.15) is 30.1 Å². The van der Waals surface area contributed by atoms with Gasteiger partial charge in [0.2, 0.25) is 0 Å². The number of aliphatic hydroxyl groups is 1. The number of rotatable bonds is 5. The van der Waals surface area contributed by atoms with E-state index in [-0.39, 0.29) is 22.8 Å². The smallest absolute Gasteiger partial charge is 0.253 e. The highest BCUT2D eigenvalue weighted by Crippen LogP contribution is 2.35. The third-order valence-electron chi connectivity index (χ3n) is 3.38. The topological polar surface area (TPSA) is 83.5 Å². The molecule has 104 valence electrons. The minimum Gasteiger partial charge on any atom is -0.394 e. The lowest BCUT2D eigenvalue weighted by atomic mass is 10.2. The Balaban J connectivity index is 2.33. The Labute approximate surface area is 112 Å². The Morgan fingerprint density at radius 3 is 2.53 bits per heavy atom. The number of benzene rings is 1. The molecule has 1 aromatic rings. The van der Waals surface area contributed by atoms with Crippen LogP contribution in [0, 0.1) is 0 Å². The molecule has 0 aliphatic heterocycles. The first-order valence-electron chi connectivity index (χ1n) is 6.19. The van der Waals surface area contributed by atoms with Crippen molar-refractivity contribution in [2.75, 3.05) is 12.4 Å². The first-order valence-corrected chi connectivity index (χ1v) is 7.84. The zero-order valence-electron chi connectivity index (χ0n) is 10.7. The van der Waals surface area contributed by atoms with Crippen LogP contribution in [0.5, 0.6) is 0 Å². The van der Waals surface area contributed by atoms with Crippen molar-refractivity contribution < 1.29 is 18.3 Å². The van der Waals surface area contributed by atoms with Crippen LogP contribution in [-0.4, -0.2) is 37.3 Å². The van der Waals surface area contributed by atoms with Crippen LogP contribution >= 0.6 is 0 Å². The summed E-state index contributed by atoms with van der Waals surface area (Å²) in [4.78, 5) is 12.2. The average molecular weight is 283 g/mol. The van der Waals surface area contributed by atoms with Gasteiger partial charge >= 0.3 is 0 Å². The van der Waals surface area contributed by atoms with E-state index >= 15 is 0 Å². The van der Waals surface area contributed by atoms with Gasteiger partial charge < -0.3 is 10.4 Å². The third-order valence-corrected chi connectivity index (χ3v) is 5.17. The molecule has 1 aliphatic carbocycles. The quantitative estimate of drug-likeness (QED) is 0.834. The Hall–Kier alpha value is -1.40. The lowest BCUT2D eigenvalue weighted by molar-refractivity contribution is 0.0903. The first kappa shape index (κ1) is 14.0. The molecule has 1 aromatic carbocycles. The van der Waals surface area contributed by atoms with E-state index in [1.807, 2.05) is 0 Å². The number of nitrogens with one attached hydrogen (secondary N) is 1. The fourth-order valence-electron chi connectivity index (χ4n) is 1.86. The SMILES string of the molecule is CCS(=O)(=O)c1ccccc1C(=O)NC1(CO)CC1. The van der Waals surface area contributed by atoms with Crippen LogP contribution in [0.3, 0.4) is 0 Å². The van der Waals surface area contributed by atoms with E-state index in [4.69, 9.17) is 0 Å². The van der Waals surface area contributed by atoms with Gasteiger partial charge in [-0.25, -0.2) is 8.42 Å². The molecule has 1 saturated carbocycles. The van der Waals surface area contributed by atoms with Crippen molar-refractivity contribution in [1.29, 1.82) is 0 Å². The van der Waals surface area contributed by atoms with Gasteiger partial charge in [0.25, 0.3) is 5.91 Å². The van der Waals surface area contributed by atoms with Crippen molar-refractivity contribution in [3.63, 3.8) is 0 Å². The van der Waals surface area contributed by atoms with Gasteiger partial charge in [-0.05, 0) is 25.0 Å². The molecular weight excluding hydrogens is 266 g/mol. The summed E-state index contributed by atoms with van der Waals surface area (Å²) in [6.07, 6.45) is 1.44. The lowest BCUT2D eigenvalue weighted by Gasteiger charge is -2.16. The molecular formula is C13H17NO4S. The predicted octanol–water partition coefficient (Wildman–Crippen LogP) is 0.735. The van der Waals surface area contributed by atoms with E-state index in [0.717, 1.165) is 12.8 Å². The molecule has 2 rings (SSSR count). The van der Waals surface area contributed by atoms with Crippen LogP contribution in [-0.2, 0) is 9.84 Å². The molecule has 0 saturated heterocycles. The highest BCUT2D eigenvalue weighted by atomic mass is 32.2. The van der Waals surface area contributed by atoms with Crippen LogP contribution < -0.4 is 5.32 Å². The second-order valence-electron chi connectivity index (χ2n) is 4.79. The van der Waals surface area contributed by atoms with Gasteiger partial charge in [-0.1, -0.05) is 19.1 Å². The van der Waals surface area contributed by atoms with Crippen molar-refractivity contribution in [3.05, 3.63) is 29.8 Å². The molecule has 0 aromatic heterocycles. The average Bonchev–Trinajstić information content (AvgIpc) is 3.19. The minimum atomic E-state index is -3.44. The van der Waals surface area contributed by atoms with Crippen LogP contribution in [0.25, 0.3) is 0 Å². The zero-order valence-corrected chi connectivity index (χ0v) is 11.5. The van der Waals surface area contributed by atoms with Gasteiger partial charge in [-0.3, -0.25) is 4.79 Å². The van der Waals surface area contributed by atoms with E-state index in [1.165, 1.54) is 12.1 Å². The van der Waals surface area contributed by atoms with Crippen LogP contribution in [0.2, 0.25) is 0 Å². The van der Waals surface area contributed by atoms with Gasteiger partial charge in [-0.15, -0.1) is 0 Å². The van der Waals surface area contributed by atoms with E-state index < -0.39 is 21.3 Å². The van der Waals surface area contributed by atoms with Gasteiger partial charge in [0, 0.05) is 0 Å². The molecule has 0 radical (unpaired) electrons. The fraction of sp³-hybridized carbons (Fsp3) is 0.462. The van der Waals surface area contributed by atoms with Crippen molar-refractivity contribution in [2.45, 2.75) is 30.2 Å². The molecule has 2 N–H and O–H groups in total. The Morgan fingerprint density at radius 1 is 1.37 bits per heavy atom. The summed E-state index contributed by atoms with van der Waals surface area (Å²) in [6, 6.07) is 6.15. The fourth-order valence-corrected chi connectivity index (χ4v) is 2.96. The molecule has 0 spiro atoms. The van der Waals surface area contributed by atoms with Gasteiger partial charge in [-0.2, -0.15) is 0 Å². The van der Waals surface area contributed by atoms with E-state index in [1.54, 1.807) is 19.1 Å². The molecule has 6 heteroatoms. The summed E-state index contributed by atoms with van der Waals surface area (Å²) >= 11 is 0. The number of hydrogen-bond donors (Lipinski definition) is 2. The molecule has 1 amide bonds. The molecule has 0 bridgehead atoms. The normalized spacial score (nSPS) is 16.9. The Kier molecular flexibility index (Phi) is 3.64. The number of aliphatic hydroxyl groups excluding tert-OH is 1. The maximum absolute atomic E-state index is 12.2. The number of carbonyl (C=O) groups is 1. The minimum absolute atomic E-state index is 0.0451. The van der Waals surface area contributed by atoms with Gasteiger partial charge in [0.15, 0.2) is 9.84 Å².